The number of ether oxygens (including phenoxy) is 4. The van der Waals surface area contributed by atoms with Crippen LogP contribution in [-0.4, -0.2) is 106 Å². The number of aliphatic hydroxyl groups is 2. The van der Waals surface area contributed by atoms with Gasteiger partial charge in [0.1, 0.15) is 88.7 Å². The summed E-state index contributed by atoms with van der Waals surface area (Å²) in [5.74, 6) is -13.5. The van der Waals surface area contributed by atoms with Gasteiger partial charge in [0, 0.05) is 50.2 Å². The third-order valence-electron chi connectivity index (χ3n) is 17.9. The second kappa shape index (κ2) is 26.3. The molecule has 0 fully saturated rings. The van der Waals surface area contributed by atoms with E-state index in [2.05, 4.69) is 31.9 Å². The molecule has 6 amide bonds. The Morgan fingerprint density at radius 1 is 0.475 bits per heavy atom. The first-order valence-corrected chi connectivity index (χ1v) is 32.1. The van der Waals surface area contributed by atoms with Crippen LogP contribution in [0, 0.1) is 6.92 Å². The highest BCUT2D eigenvalue weighted by molar-refractivity contribution is 7.99. The summed E-state index contributed by atoms with van der Waals surface area (Å²) < 4.78 is 25.8. The lowest BCUT2D eigenvalue weighted by molar-refractivity contribution is -0.146. The van der Waals surface area contributed by atoms with Gasteiger partial charge in [0.15, 0.2) is 29.0 Å². The standard InChI is InChI=1S/C74H59N7O19S/c1-33-50(85)25-39-27-52(33)100-53-26-37(17-23-49(53)84)63(81-32-38-8-6-7-11-45(38)73(81)101-44-9-4-3-5-10-44)72(95)80-62-65(88)35-14-20-43(21-15-35)99-55-29-40-28-54(66(55)89)98-42-18-12-34(13-19-42)64(87)61-71(94)78-60(74(96)97-2)47-30-41(82)31-51(86)56(47)46-24-36(16-22-48(46)83)57(67(90)79-61)75-69(92)59(40)76-68(91)58(39)77-70(62)93/h3-32,57-65,82-89H,1-2H3,(H,75,92)(H,76,91)(H,77,93)(H,78,94)(H,79,90)(H,80,95)/t57-,58+,59-,60-,61+,62-,63-,64-,65-/m1/s1. The molecular weight excluding hydrogens is 1320 g/mol. The normalized spacial score (nSPS) is 21.1. The van der Waals surface area contributed by atoms with E-state index in [0.29, 0.717) is 10.4 Å². The number of benzene rings is 9. The van der Waals surface area contributed by atoms with Crippen molar-refractivity contribution in [2.45, 2.75) is 71.3 Å². The number of aromatic nitrogens is 1. The van der Waals surface area contributed by atoms with Crippen LogP contribution >= 0.6 is 11.8 Å². The van der Waals surface area contributed by atoms with Crippen LogP contribution in [0.15, 0.2) is 192 Å². The molecule has 16 rings (SSSR count). The van der Waals surface area contributed by atoms with E-state index in [1.165, 1.54) is 97.5 Å². The van der Waals surface area contributed by atoms with E-state index in [1.807, 2.05) is 54.6 Å². The molecule has 0 saturated heterocycles. The molecule has 0 radical (unpaired) electrons. The number of phenolic OH excluding ortho intramolecular Hbond substituents is 6. The number of hydrogen-bond acceptors (Lipinski definition) is 20. The number of aromatic hydroxyl groups is 6. The molecule has 6 aliphatic heterocycles. The molecule has 1 aromatic heterocycles. The third kappa shape index (κ3) is 12.4. The molecule has 10 aromatic rings. The third-order valence-corrected chi connectivity index (χ3v) is 19.1. The fourth-order valence-corrected chi connectivity index (χ4v) is 13.8. The number of esters is 1. The van der Waals surface area contributed by atoms with Gasteiger partial charge in [0.2, 0.25) is 41.2 Å². The van der Waals surface area contributed by atoms with Crippen molar-refractivity contribution in [2.24, 2.45) is 0 Å². The zero-order valence-corrected chi connectivity index (χ0v) is 53.8. The van der Waals surface area contributed by atoms with E-state index in [-0.39, 0.29) is 78.6 Å². The number of phenols is 6. The summed E-state index contributed by atoms with van der Waals surface area (Å²) in [7, 11) is 0.981. The molecule has 17 bridgehead atoms. The zero-order valence-electron chi connectivity index (χ0n) is 52.9. The number of rotatable bonds is 4. The summed E-state index contributed by atoms with van der Waals surface area (Å²) in [5.41, 5.74) is -1.64. The molecule has 0 unspecified atom stereocenters. The Hall–Kier alpha value is -12.7. The molecule has 101 heavy (non-hydrogen) atoms. The molecule has 510 valence electrons. The largest absolute Gasteiger partial charge is 0.508 e. The highest BCUT2D eigenvalue weighted by Gasteiger charge is 2.43. The Morgan fingerprint density at radius 3 is 1.64 bits per heavy atom. The number of nitrogens with zero attached hydrogens (tertiary/aromatic N) is 1. The first-order valence-electron chi connectivity index (χ1n) is 31.3. The van der Waals surface area contributed by atoms with Crippen molar-refractivity contribution in [2.75, 3.05) is 7.11 Å². The first kappa shape index (κ1) is 65.6. The Balaban J connectivity index is 0.958. The number of amides is 6. The maximum atomic E-state index is 16.0. The van der Waals surface area contributed by atoms with Crippen LogP contribution in [0.3, 0.4) is 0 Å². The molecule has 27 heteroatoms. The van der Waals surface area contributed by atoms with E-state index < -0.39 is 142 Å². The van der Waals surface area contributed by atoms with Crippen molar-refractivity contribution in [1.82, 2.24) is 36.5 Å². The zero-order chi connectivity index (χ0) is 70.8. The molecule has 0 spiro atoms. The van der Waals surface area contributed by atoms with Crippen molar-refractivity contribution in [3.8, 4) is 80.1 Å². The van der Waals surface area contributed by atoms with Gasteiger partial charge in [0.25, 0.3) is 0 Å². The molecule has 14 N–H and O–H groups in total. The second-order valence-electron chi connectivity index (χ2n) is 24.3. The Kier molecular flexibility index (Phi) is 17.0. The number of hydrogen-bond donors (Lipinski definition) is 14. The lowest BCUT2D eigenvalue weighted by Crippen LogP contribution is -2.55. The summed E-state index contributed by atoms with van der Waals surface area (Å²) in [6.45, 7) is 1.46. The van der Waals surface area contributed by atoms with Crippen LogP contribution in [0.1, 0.15) is 86.9 Å². The number of carbonyl (C=O) groups excluding carboxylic acids is 7. The van der Waals surface area contributed by atoms with Crippen LogP contribution in [0.4, 0.5) is 0 Å². The molecule has 9 atom stereocenters. The number of fused-ring (bicyclic) bond motifs is 15. The van der Waals surface area contributed by atoms with E-state index in [9.17, 15) is 50.4 Å². The quantitative estimate of drug-likeness (QED) is 0.0737. The lowest BCUT2D eigenvalue weighted by atomic mass is 9.89. The molecule has 0 aliphatic carbocycles. The Morgan fingerprint density at radius 2 is 1.00 bits per heavy atom. The first-order chi connectivity index (χ1) is 48.6. The van der Waals surface area contributed by atoms with Gasteiger partial charge in [-0.1, -0.05) is 90.6 Å². The molecule has 0 saturated carbocycles. The van der Waals surface area contributed by atoms with Gasteiger partial charge in [0.05, 0.1) is 12.1 Å². The monoisotopic (exact) mass is 1380 g/mol. The lowest BCUT2D eigenvalue weighted by Gasteiger charge is -2.32. The molecule has 6 aliphatic rings. The summed E-state index contributed by atoms with van der Waals surface area (Å²) in [4.78, 5) is 109. The van der Waals surface area contributed by atoms with Crippen LogP contribution in [0.2, 0.25) is 0 Å². The molecule has 26 nitrogen and oxygen atoms in total. The molecule has 9 aromatic carbocycles. The van der Waals surface area contributed by atoms with Crippen molar-refractivity contribution in [3.63, 3.8) is 0 Å². The smallest absolute Gasteiger partial charge is 0.333 e. The second-order valence-corrected chi connectivity index (χ2v) is 25.4. The predicted octanol–water partition coefficient (Wildman–Crippen LogP) is 8.26. The van der Waals surface area contributed by atoms with Gasteiger partial charge in [-0.15, -0.1) is 0 Å². The minimum absolute atomic E-state index is 0.0146. The molecule has 7 heterocycles. The minimum Gasteiger partial charge on any atom is -0.508 e. The van der Waals surface area contributed by atoms with E-state index >= 15 is 24.0 Å². The highest BCUT2D eigenvalue weighted by atomic mass is 32.2. The molecular formula is C74H59N7O19S. The van der Waals surface area contributed by atoms with E-state index in [4.69, 9.17) is 18.9 Å². The van der Waals surface area contributed by atoms with Gasteiger partial charge < -0.3 is 96.3 Å². The Bertz CT molecular complexity index is 5070. The van der Waals surface area contributed by atoms with Crippen molar-refractivity contribution in [3.05, 3.63) is 227 Å². The number of carbonyl (C=O) groups is 7. The maximum absolute atomic E-state index is 16.0. The average Bonchev–Trinajstić information content (AvgIpc) is 1.75. The fraction of sp³-hybridized carbons (Fsp3) is 0.149. The average molecular weight is 1380 g/mol. The summed E-state index contributed by atoms with van der Waals surface area (Å²) in [6, 6.07) is 27.6. The van der Waals surface area contributed by atoms with Crippen LogP contribution in [-0.2, 0) is 38.3 Å². The number of methoxy groups -OCH3 is 1. The predicted molar refractivity (Wildman–Crippen MR) is 359 cm³/mol. The maximum Gasteiger partial charge on any atom is 0.333 e. The summed E-state index contributed by atoms with van der Waals surface area (Å²) in [5, 5.41) is 113. The van der Waals surface area contributed by atoms with Crippen LogP contribution in [0.5, 0.6) is 69.0 Å². The van der Waals surface area contributed by atoms with Crippen LogP contribution in [0.25, 0.3) is 21.9 Å². The van der Waals surface area contributed by atoms with Gasteiger partial charge in [-0.3, -0.25) is 28.8 Å². The minimum atomic E-state index is -2.16. The highest BCUT2D eigenvalue weighted by Crippen LogP contribution is 2.48. The Labute approximate surface area is 576 Å². The van der Waals surface area contributed by atoms with E-state index in [0.717, 1.165) is 59.9 Å². The van der Waals surface area contributed by atoms with Gasteiger partial charge >= 0.3 is 5.97 Å². The van der Waals surface area contributed by atoms with Crippen molar-refractivity contribution >= 4 is 63.9 Å². The fourth-order valence-electron chi connectivity index (χ4n) is 12.7. The van der Waals surface area contributed by atoms with Crippen molar-refractivity contribution in [1.29, 1.82) is 0 Å². The number of aliphatic hydroxyl groups excluding tert-OH is 2. The van der Waals surface area contributed by atoms with Crippen molar-refractivity contribution < 1.29 is 93.4 Å². The topological polar surface area (TPSA) is 395 Å². The van der Waals surface area contributed by atoms with Gasteiger partial charge in [-0.25, -0.2) is 4.79 Å². The SMILES string of the molecule is COC(=O)[C@@H]1NC(=O)[C@H]2NC(=O)[C@H](NC(=O)[C@@H]3NC(=O)[C@H]4NC(=O)[C@H](NC(=O)[C@H](n5cc6ccccc6c5Sc5ccccc5)c5ccc(O)c(c5)Oc5cc4cc(O)c5C)[C@H](O)c4ccc(cc4)Oc4cc3cc(c4O)Oc3ccc(cc3)[C@H]2O)c2ccc(O)c(c2)-c2c(O)cc(O)cc21. The van der Waals surface area contributed by atoms with Gasteiger partial charge in [-0.05, 0) is 131 Å². The van der Waals surface area contributed by atoms with Gasteiger partial charge in [-0.2, -0.15) is 0 Å². The summed E-state index contributed by atoms with van der Waals surface area (Å²) in [6.07, 6.45) is -2.25. The summed E-state index contributed by atoms with van der Waals surface area (Å²) >= 11 is 1.33. The van der Waals surface area contributed by atoms with E-state index in [1.54, 1.807) is 10.8 Å². The van der Waals surface area contributed by atoms with Crippen LogP contribution < -0.4 is 46.1 Å². The number of nitrogens with one attached hydrogen (secondary N) is 6.